The number of aromatic nitrogens is 1. The molecule has 32 heavy (non-hydrogen) atoms. The molecule has 0 bridgehead atoms. The number of methoxy groups -OCH3 is 1. The highest BCUT2D eigenvalue weighted by molar-refractivity contribution is 7.91. The molecule has 0 saturated heterocycles. The molecular weight excluding hydrogens is 472 g/mol. The number of carbonyl (C=O) groups excluding carboxylic acids is 1. The van der Waals surface area contributed by atoms with E-state index in [9.17, 15) is 21.6 Å². The molecule has 3 rings (SSSR count). The number of fused-ring (bicyclic) bond motifs is 1. The molecule has 168 valence electrons. The Labute approximate surface area is 190 Å². The topological polar surface area (TPSA) is 112 Å². The van der Waals surface area contributed by atoms with Gasteiger partial charge in [-0.25, -0.2) is 16.8 Å². The predicted molar refractivity (Wildman–Crippen MR) is 122 cm³/mol. The minimum atomic E-state index is -3.68. The van der Waals surface area contributed by atoms with E-state index >= 15 is 0 Å². The van der Waals surface area contributed by atoms with Crippen LogP contribution in [0.2, 0.25) is 0 Å². The second-order valence-electron chi connectivity index (χ2n) is 6.83. The Balaban J connectivity index is 1.89. The Hall–Kier alpha value is -2.94. The fraction of sp³-hybridized carbons (Fsp3) is 0.238. The number of hydrogen-bond donors (Lipinski definition) is 0. The lowest BCUT2D eigenvalue weighted by Gasteiger charge is -2.04. The van der Waals surface area contributed by atoms with Crippen molar-refractivity contribution in [2.75, 3.05) is 19.1 Å². The summed E-state index contributed by atoms with van der Waals surface area (Å²) < 4.78 is 55.9. The average Bonchev–Trinajstić information content (AvgIpc) is 3.08. The Morgan fingerprint density at radius 3 is 2.38 bits per heavy atom. The molecule has 8 nitrogen and oxygen atoms in total. The molecule has 0 aliphatic carbocycles. The van der Waals surface area contributed by atoms with Gasteiger partial charge in [-0.2, -0.15) is 4.99 Å². The maximum Gasteiger partial charge on any atom is 0.249 e. The fourth-order valence-electron chi connectivity index (χ4n) is 2.90. The summed E-state index contributed by atoms with van der Waals surface area (Å²) in [5.74, 6) is 1.98. The van der Waals surface area contributed by atoms with Crippen molar-refractivity contribution in [2.24, 2.45) is 4.99 Å². The molecule has 11 heteroatoms. The van der Waals surface area contributed by atoms with Crippen LogP contribution in [-0.4, -0.2) is 46.4 Å². The summed E-state index contributed by atoms with van der Waals surface area (Å²) in [7, 11) is -5.60. The Morgan fingerprint density at radius 2 is 1.78 bits per heavy atom. The number of carbonyl (C=O) groups is 1. The van der Waals surface area contributed by atoms with Gasteiger partial charge in [-0.05, 0) is 42.5 Å². The zero-order chi connectivity index (χ0) is 23.5. The third-order valence-electron chi connectivity index (χ3n) is 4.56. The molecule has 0 radical (unpaired) electrons. The van der Waals surface area contributed by atoms with Crippen LogP contribution in [0.5, 0.6) is 5.75 Å². The molecule has 0 aliphatic rings. The van der Waals surface area contributed by atoms with Gasteiger partial charge in [0.1, 0.15) is 5.75 Å². The Bertz CT molecular complexity index is 1490. The summed E-state index contributed by atoms with van der Waals surface area (Å²) in [6, 6.07) is 10.5. The van der Waals surface area contributed by atoms with Gasteiger partial charge in [-0.15, -0.1) is 6.42 Å². The fourth-order valence-corrected chi connectivity index (χ4v) is 5.94. The van der Waals surface area contributed by atoms with Crippen LogP contribution < -0.4 is 9.54 Å². The van der Waals surface area contributed by atoms with Crippen molar-refractivity contribution in [3.63, 3.8) is 0 Å². The van der Waals surface area contributed by atoms with Crippen molar-refractivity contribution in [1.29, 1.82) is 0 Å². The lowest BCUT2D eigenvalue weighted by atomic mass is 10.3. The largest absolute Gasteiger partial charge is 0.497 e. The molecular formula is C21H20N2O6S3. The summed E-state index contributed by atoms with van der Waals surface area (Å²) in [5, 5.41) is 0. The molecule has 2 aromatic carbocycles. The molecule has 1 aromatic heterocycles. The monoisotopic (exact) mass is 492 g/mol. The summed E-state index contributed by atoms with van der Waals surface area (Å²) in [6.45, 7) is 0.120. The van der Waals surface area contributed by atoms with E-state index in [4.69, 9.17) is 11.2 Å². The van der Waals surface area contributed by atoms with Gasteiger partial charge >= 0.3 is 0 Å². The quantitative estimate of drug-likeness (QED) is 0.467. The normalized spacial score (nSPS) is 12.6. The average molecular weight is 493 g/mol. The molecule has 3 aromatic rings. The van der Waals surface area contributed by atoms with Crippen molar-refractivity contribution in [2.45, 2.75) is 22.8 Å². The maximum absolute atomic E-state index is 12.5. The van der Waals surface area contributed by atoms with E-state index in [1.807, 2.05) is 0 Å². The first-order valence-electron chi connectivity index (χ1n) is 9.26. The number of amides is 1. The molecule has 0 saturated carbocycles. The van der Waals surface area contributed by atoms with Gasteiger partial charge in [0.05, 0.1) is 39.4 Å². The molecule has 0 unspecified atom stereocenters. The van der Waals surface area contributed by atoms with Crippen LogP contribution in [0, 0.1) is 12.3 Å². The lowest BCUT2D eigenvalue weighted by Crippen LogP contribution is -2.18. The van der Waals surface area contributed by atoms with E-state index in [0.717, 1.165) is 17.6 Å². The van der Waals surface area contributed by atoms with E-state index in [1.54, 1.807) is 10.6 Å². The maximum atomic E-state index is 12.5. The van der Waals surface area contributed by atoms with Gasteiger partial charge in [0.25, 0.3) is 0 Å². The zero-order valence-corrected chi connectivity index (χ0v) is 19.8. The summed E-state index contributed by atoms with van der Waals surface area (Å²) in [6.07, 6.45) is 6.23. The SMILES string of the molecule is C#CCn1c(=NC(=O)CCS(=O)(=O)c2ccc(OC)cc2)sc2cc(S(C)(=O)=O)ccc21. The number of benzene rings is 2. The van der Waals surface area contributed by atoms with Crippen LogP contribution in [0.1, 0.15) is 6.42 Å². The van der Waals surface area contributed by atoms with Gasteiger partial charge in [-0.1, -0.05) is 17.3 Å². The summed E-state index contributed by atoms with van der Waals surface area (Å²) in [5.41, 5.74) is 0.637. The first kappa shape index (κ1) is 23.7. The smallest absolute Gasteiger partial charge is 0.249 e. The standard InChI is InChI=1S/C21H20N2O6S3/c1-4-12-23-18-10-9-17(31(3,25)26)14-19(18)30-21(23)22-20(24)11-13-32(27,28)16-7-5-15(29-2)6-8-16/h1,5-10,14H,11-13H2,2-3H3. The van der Waals surface area contributed by atoms with Crippen molar-refractivity contribution in [1.82, 2.24) is 4.57 Å². The number of hydrogen-bond acceptors (Lipinski definition) is 7. The summed E-state index contributed by atoms with van der Waals surface area (Å²) >= 11 is 1.11. The highest BCUT2D eigenvalue weighted by Crippen LogP contribution is 2.22. The van der Waals surface area contributed by atoms with E-state index < -0.39 is 31.3 Å². The molecule has 0 aliphatic heterocycles. The molecule has 0 atom stereocenters. The molecule has 0 spiro atoms. The minimum absolute atomic E-state index is 0.0867. The second-order valence-corrected chi connectivity index (χ2v) is 12.0. The number of nitrogens with zero attached hydrogens (tertiary/aromatic N) is 2. The Morgan fingerprint density at radius 1 is 1.12 bits per heavy atom. The third-order valence-corrected chi connectivity index (χ3v) is 8.44. The molecule has 0 fully saturated rings. The van der Waals surface area contributed by atoms with Crippen molar-refractivity contribution < 1.29 is 26.4 Å². The van der Waals surface area contributed by atoms with E-state index in [-0.39, 0.29) is 27.6 Å². The third kappa shape index (κ3) is 5.27. The number of rotatable bonds is 7. The summed E-state index contributed by atoms with van der Waals surface area (Å²) in [4.78, 5) is 17.0. The van der Waals surface area contributed by atoms with Gasteiger partial charge in [0, 0.05) is 12.7 Å². The predicted octanol–water partition coefficient (Wildman–Crippen LogP) is 2.04. The van der Waals surface area contributed by atoms with Crippen LogP contribution in [0.25, 0.3) is 10.2 Å². The van der Waals surface area contributed by atoms with Gasteiger partial charge in [0.2, 0.25) is 5.91 Å². The van der Waals surface area contributed by atoms with Crippen LogP contribution in [0.3, 0.4) is 0 Å². The minimum Gasteiger partial charge on any atom is -0.497 e. The lowest BCUT2D eigenvalue weighted by molar-refractivity contribution is -0.117. The van der Waals surface area contributed by atoms with Crippen LogP contribution in [0.4, 0.5) is 0 Å². The number of sulfone groups is 2. The van der Waals surface area contributed by atoms with Crippen molar-refractivity contribution in [3.05, 3.63) is 47.3 Å². The first-order valence-corrected chi connectivity index (χ1v) is 13.6. The highest BCUT2D eigenvalue weighted by atomic mass is 32.2. The molecule has 0 N–H and O–H groups in total. The Kier molecular flexibility index (Phi) is 6.88. The van der Waals surface area contributed by atoms with E-state index in [0.29, 0.717) is 16.0 Å². The van der Waals surface area contributed by atoms with Crippen LogP contribution in [-0.2, 0) is 31.0 Å². The molecule has 1 heterocycles. The second kappa shape index (κ2) is 9.28. The number of terminal acetylenes is 1. The number of thiazole rings is 1. The van der Waals surface area contributed by atoms with E-state index in [1.165, 1.54) is 43.5 Å². The van der Waals surface area contributed by atoms with Gasteiger partial charge in [0.15, 0.2) is 24.5 Å². The highest BCUT2D eigenvalue weighted by Gasteiger charge is 2.17. The van der Waals surface area contributed by atoms with Crippen molar-refractivity contribution >= 4 is 47.1 Å². The molecule has 1 amide bonds. The van der Waals surface area contributed by atoms with E-state index in [2.05, 4.69) is 10.9 Å². The van der Waals surface area contributed by atoms with Crippen molar-refractivity contribution in [3.8, 4) is 18.1 Å². The number of ether oxygens (including phenoxy) is 1. The van der Waals surface area contributed by atoms with Crippen LogP contribution in [0.15, 0.2) is 57.2 Å². The zero-order valence-electron chi connectivity index (χ0n) is 17.3. The van der Waals surface area contributed by atoms with Crippen LogP contribution >= 0.6 is 11.3 Å². The first-order chi connectivity index (χ1) is 15.0. The van der Waals surface area contributed by atoms with Gasteiger partial charge in [-0.3, -0.25) is 4.79 Å². The van der Waals surface area contributed by atoms with Gasteiger partial charge < -0.3 is 9.30 Å².